The van der Waals surface area contributed by atoms with Gasteiger partial charge in [-0.15, -0.1) is 0 Å². The molecule has 0 aliphatic carbocycles. The van der Waals surface area contributed by atoms with Crippen LogP contribution in [0.1, 0.15) is 28.4 Å². The molecule has 8 nitrogen and oxygen atoms in total. The Labute approximate surface area is 154 Å². The molecule has 4 rings (SSSR count). The van der Waals surface area contributed by atoms with Crippen molar-refractivity contribution in [3.63, 3.8) is 0 Å². The first-order chi connectivity index (χ1) is 13.1. The summed E-state index contributed by atoms with van der Waals surface area (Å²) in [6.45, 7) is 0. The molecule has 1 atom stereocenters. The number of H-pyrrole nitrogens is 1. The minimum Gasteiger partial charge on any atom is -0.493 e. The highest BCUT2D eigenvalue weighted by molar-refractivity contribution is 5.99. The standard InChI is InChI=1S/C19H17N3O5/c1-25-14-6-5-12-15(27-19(24)17(12)18(14)26-2)8-16(23)21-11-4-3-10-9-20-22-13(10)7-11/h3-7,9,15H,8H2,1-2H3,(H,20,22)(H,21,23)/t15-/m1/s1. The number of methoxy groups -OCH3 is 2. The predicted octanol–water partition coefficient (Wildman–Crippen LogP) is 2.82. The molecule has 0 bridgehead atoms. The Morgan fingerprint density at radius 1 is 1.26 bits per heavy atom. The van der Waals surface area contributed by atoms with Crippen molar-refractivity contribution in [1.29, 1.82) is 0 Å². The summed E-state index contributed by atoms with van der Waals surface area (Å²) in [5, 5.41) is 10.6. The number of aromatic amines is 1. The Hall–Kier alpha value is -3.55. The van der Waals surface area contributed by atoms with Crippen LogP contribution in [-0.2, 0) is 9.53 Å². The van der Waals surface area contributed by atoms with Gasteiger partial charge >= 0.3 is 5.97 Å². The normalized spacial score (nSPS) is 15.3. The van der Waals surface area contributed by atoms with Crippen LogP contribution in [-0.4, -0.2) is 36.3 Å². The van der Waals surface area contributed by atoms with Crippen LogP contribution in [0.25, 0.3) is 10.9 Å². The van der Waals surface area contributed by atoms with Crippen molar-refractivity contribution in [2.75, 3.05) is 19.5 Å². The highest BCUT2D eigenvalue weighted by Crippen LogP contribution is 2.43. The fourth-order valence-electron chi connectivity index (χ4n) is 3.22. The third-order valence-corrected chi connectivity index (χ3v) is 4.47. The lowest BCUT2D eigenvalue weighted by atomic mass is 10.0. The van der Waals surface area contributed by atoms with Crippen molar-refractivity contribution < 1.29 is 23.8 Å². The Balaban J connectivity index is 1.54. The number of nitrogens with one attached hydrogen (secondary N) is 2. The van der Waals surface area contributed by atoms with Crippen molar-refractivity contribution >= 4 is 28.5 Å². The van der Waals surface area contributed by atoms with Gasteiger partial charge in [0.25, 0.3) is 0 Å². The number of ether oxygens (including phenoxy) is 3. The summed E-state index contributed by atoms with van der Waals surface area (Å²) in [5.74, 6) is -0.0505. The highest BCUT2D eigenvalue weighted by Gasteiger charge is 2.36. The van der Waals surface area contributed by atoms with Crippen LogP contribution in [0.4, 0.5) is 5.69 Å². The number of hydrogen-bond acceptors (Lipinski definition) is 6. The molecule has 0 radical (unpaired) electrons. The molecule has 1 aliphatic heterocycles. The van der Waals surface area contributed by atoms with Gasteiger partial charge in [-0.05, 0) is 24.3 Å². The second-order valence-electron chi connectivity index (χ2n) is 6.08. The lowest BCUT2D eigenvalue weighted by Crippen LogP contribution is -2.15. The number of hydrogen-bond donors (Lipinski definition) is 2. The Morgan fingerprint density at radius 2 is 2.11 bits per heavy atom. The molecular formula is C19H17N3O5. The molecule has 0 saturated carbocycles. The average Bonchev–Trinajstić information content (AvgIpc) is 3.25. The second kappa shape index (κ2) is 6.64. The molecule has 0 unspecified atom stereocenters. The first-order valence-electron chi connectivity index (χ1n) is 8.29. The quantitative estimate of drug-likeness (QED) is 0.672. The molecular weight excluding hydrogens is 350 g/mol. The lowest BCUT2D eigenvalue weighted by molar-refractivity contribution is -0.118. The zero-order valence-corrected chi connectivity index (χ0v) is 14.7. The highest BCUT2D eigenvalue weighted by atomic mass is 16.6. The molecule has 0 saturated heterocycles. The molecule has 2 aromatic carbocycles. The number of aromatic nitrogens is 2. The average molecular weight is 367 g/mol. The molecule has 2 heterocycles. The summed E-state index contributed by atoms with van der Waals surface area (Å²) in [7, 11) is 2.95. The molecule has 27 heavy (non-hydrogen) atoms. The molecule has 3 aromatic rings. The number of benzene rings is 2. The summed E-state index contributed by atoms with van der Waals surface area (Å²) in [6.07, 6.45) is 1.02. The number of cyclic esters (lactones) is 1. The van der Waals surface area contributed by atoms with Crippen LogP contribution in [0.3, 0.4) is 0 Å². The zero-order valence-electron chi connectivity index (χ0n) is 14.7. The van der Waals surface area contributed by atoms with Crippen molar-refractivity contribution in [3.05, 3.63) is 47.7 Å². The largest absolute Gasteiger partial charge is 0.493 e. The van der Waals surface area contributed by atoms with Crippen LogP contribution < -0.4 is 14.8 Å². The van der Waals surface area contributed by atoms with Gasteiger partial charge in [0.1, 0.15) is 11.7 Å². The van der Waals surface area contributed by atoms with E-state index < -0.39 is 12.1 Å². The zero-order chi connectivity index (χ0) is 19.0. The van der Waals surface area contributed by atoms with Gasteiger partial charge in [0.15, 0.2) is 11.5 Å². The summed E-state index contributed by atoms with van der Waals surface area (Å²) in [6, 6.07) is 8.85. The minimum atomic E-state index is -0.678. The van der Waals surface area contributed by atoms with E-state index in [1.165, 1.54) is 14.2 Å². The van der Waals surface area contributed by atoms with Crippen molar-refractivity contribution in [3.8, 4) is 11.5 Å². The molecule has 1 aliphatic rings. The Kier molecular flexibility index (Phi) is 4.15. The number of carbonyl (C=O) groups excluding carboxylic acids is 2. The number of rotatable bonds is 5. The lowest BCUT2D eigenvalue weighted by Gasteiger charge is -2.12. The van der Waals surface area contributed by atoms with E-state index in [0.717, 1.165) is 10.9 Å². The Bertz CT molecular complexity index is 1040. The van der Waals surface area contributed by atoms with E-state index in [1.54, 1.807) is 30.5 Å². The van der Waals surface area contributed by atoms with Crippen LogP contribution in [0.15, 0.2) is 36.5 Å². The number of amides is 1. The topological polar surface area (TPSA) is 103 Å². The van der Waals surface area contributed by atoms with E-state index in [9.17, 15) is 9.59 Å². The predicted molar refractivity (Wildman–Crippen MR) is 97.0 cm³/mol. The third kappa shape index (κ3) is 2.95. The second-order valence-corrected chi connectivity index (χ2v) is 6.08. The van der Waals surface area contributed by atoms with Crippen LogP contribution in [0, 0.1) is 0 Å². The van der Waals surface area contributed by atoms with Gasteiger partial charge in [-0.3, -0.25) is 9.89 Å². The summed E-state index contributed by atoms with van der Waals surface area (Å²) < 4.78 is 15.9. The molecule has 138 valence electrons. The van der Waals surface area contributed by atoms with Gasteiger partial charge in [0, 0.05) is 16.6 Å². The van der Waals surface area contributed by atoms with Gasteiger partial charge in [-0.1, -0.05) is 6.07 Å². The third-order valence-electron chi connectivity index (χ3n) is 4.47. The SMILES string of the molecule is COc1ccc2c(c1OC)C(=O)O[C@@H]2CC(=O)Nc1ccc2cn[nH]c2c1. The minimum absolute atomic E-state index is 0.00473. The smallest absolute Gasteiger partial charge is 0.343 e. The number of carbonyl (C=O) groups is 2. The first-order valence-corrected chi connectivity index (χ1v) is 8.29. The molecule has 1 aromatic heterocycles. The van der Waals surface area contributed by atoms with Crippen molar-refractivity contribution in [1.82, 2.24) is 10.2 Å². The van der Waals surface area contributed by atoms with E-state index in [0.29, 0.717) is 28.3 Å². The molecule has 2 N–H and O–H groups in total. The van der Waals surface area contributed by atoms with E-state index in [4.69, 9.17) is 14.2 Å². The molecule has 0 spiro atoms. The fourth-order valence-corrected chi connectivity index (χ4v) is 3.22. The van der Waals surface area contributed by atoms with Gasteiger partial charge in [0.05, 0.1) is 32.4 Å². The molecule has 8 heteroatoms. The number of anilines is 1. The van der Waals surface area contributed by atoms with Gasteiger partial charge < -0.3 is 19.5 Å². The Morgan fingerprint density at radius 3 is 2.89 bits per heavy atom. The van der Waals surface area contributed by atoms with Gasteiger partial charge in [-0.25, -0.2) is 4.79 Å². The van der Waals surface area contributed by atoms with Crippen LogP contribution >= 0.6 is 0 Å². The molecule has 0 fully saturated rings. The monoisotopic (exact) mass is 367 g/mol. The maximum atomic E-state index is 12.5. The van der Waals surface area contributed by atoms with Crippen LogP contribution in [0.5, 0.6) is 11.5 Å². The van der Waals surface area contributed by atoms with Crippen molar-refractivity contribution in [2.45, 2.75) is 12.5 Å². The number of nitrogens with zero attached hydrogens (tertiary/aromatic N) is 1. The summed E-state index contributed by atoms with van der Waals surface area (Å²) in [5.41, 5.74) is 2.36. The van der Waals surface area contributed by atoms with E-state index >= 15 is 0 Å². The van der Waals surface area contributed by atoms with E-state index in [1.807, 2.05) is 6.07 Å². The summed E-state index contributed by atoms with van der Waals surface area (Å²) >= 11 is 0. The van der Waals surface area contributed by atoms with Gasteiger partial charge in [-0.2, -0.15) is 5.10 Å². The summed E-state index contributed by atoms with van der Waals surface area (Å²) in [4.78, 5) is 24.7. The maximum Gasteiger partial charge on any atom is 0.343 e. The molecule has 1 amide bonds. The first kappa shape index (κ1) is 16.9. The van der Waals surface area contributed by atoms with Gasteiger partial charge in [0.2, 0.25) is 5.91 Å². The van der Waals surface area contributed by atoms with E-state index in [-0.39, 0.29) is 12.3 Å². The van der Waals surface area contributed by atoms with E-state index in [2.05, 4.69) is 15.5 Å². The number of fused-ring (bicyclic) bond motifs is 2. The number of esters is 1. The fraction of sp³-hybridized carbons (Fsp3) is 0.211. The maximum absolute atomic E-state index is 12.5. The van der Waals surface area contributed by atoms with Crippen LogP contribution in [0.2, 0.25) is 0 Å². The van der Waals surface area contributed by atoms with Crippen molar-refractivity contribution in [2.24, 2.45) is 0 Å².